The number of rotatable bonds is 7. The Hall–Kier alpha value is -1.90. The first kappa shape index (κ1) is 20.4. The summed E-state index contributed by atoms with van der Waals surface area (Å²) in [6, 6.07) is 9.32. The average molecular weight is 416 g/mol. The number of hydrogen-bond acceptors (Lipinski definition) is 6. The number of likely N-dealkylation sites (N-methyl/N-ethyl adjacent to an activating group) is 1. The fourth-order valence-electron chi connectivity index (χ4n) is 2.26. The zero-order valence-corrected chi connectivity index (χ0v) is 16.7. The Morgan fingerprint density at radius 2 is 1.88 bits per heavy atom. The van der Waals surface area contributed by atoms with Crippen molar-refractivity contribution in [3.8, 4) is 0 Å². The number of thiophene rings is 1. The zero-order valence-electron chi connectivity index (χ0n) is 14.3. The van der Waals surface area contributed by atoms with Crippen LogP contribution in [-0.4, -0.2) is 44.6 Å². The summed E-state index contributed by atoms with van der Waals surface area (Å²) < 4.78 is 29.2. The van der Waals surface area contributed by atoms with Crippen LogP contribution in [0, 0.1) is 0 Å². The topological polar surface area (TPSA) is 80.8 Å². The Morgan fingerprint density at radius 1 is 1.19 bits per heavy atom. The molecule has 140 valence electrons. The molecule has 2 aromatic rings. The van der Waals surface area contributed by atoms with Gasteiger partial charge in [-0.05, 0) is 31.2 Å². The lowest BCUT2D eigenvalue weighted by atomic mass is 10.2. The predicted octanol–water partition coefficient (Wildman–Crippen LogP) is 3.01. The van der Waals surface area contributed by atoms with Crippen LogP contribution in [0.3, 0.4) is 0 Å². The fourth-order valence-corrected chi connectivity index (χ4v) is 4.24. The molecule has 26 heavy (non-hydrogen) atoms. The summed E-state index contributed by atoms with van der Waals surface area (Å²) in [4.78, 5) is 26.8. The maximum absolute atomic E-state index is 12.3. The minimum absolute atomic E-state index is 0.0871. The number of benzene rings is 1. The van der Waals surface area contributed by atoms with E-state index >= 15 is 0 Å². The van der Waals surface area contributed by atoms with Crippen molar-refractivity contribution in [1.82, 2.24) is 4.90 Å². The zero-order chi connectivity index (χ0) is 19.3. The lowest BCUT2D eigenvalue weighted by Gasteiger charge is -2.20. The summed E-state index contributed by atoms with van der Waals surface area (Å²) in [5, 5.41) is 0. The molecule has 0 fully saturated rings. The summed E-state index contributed by atoms with van der Waals surface area (Å²) in [6.07, 6.45) is 1.01. The van der Waals surface area contributed by atoms with Gasteiger partial charge in [-0.2, -0.15) is 0 Å². The molecule has 0 aliphatic rings. The molecule has 0 bridgehead atoms. The van der Waals surface area contributed by atoms with E-state index in [0.29, 0.717) is 17.4 Å². The normalized spacial score (nSPS) is 11.2. The van der Waals surface area contributed by atoms with Gasteiger partial charge in [-0.1, -0.05) is 23.7 Å². The molecule has 0 spiro atoms. The van der Waals surface area contributed by atoms with E-state index in [1.165, 1.54) is 40.5 Å². The third kappa shape index (κ3) is 5.30. The molecular formula is C17H18ClNO5S2. The van der Waals surface area contributed by atoms with Crippen LogP contribution < -0.4 is 0 Å². The lowest BCUT2D eigenvalue weighted by molar-refractivity contribution is -0.134. The monoisotopic (exact) mass is 415 g/mol. The number of hydrogen-bond donors (Lipinski definition) is 0. The number of carbonyl (C=O) groups excluding carboxylic acids is 2. The first-order valence-corrected chi connectivity index (χ1v) is 10.8. The number of carbonyl (C=O) groups is 2. The van der Waals surface area contributed by atoms with E-state index in [9.17, 15) is 18.0 Å². The summed E-state index contributed by atoms with van der Waals surface area (Å²) in [7, 11) is -3.58. The van der Waals surface area contributed by atoms with Gasteiger partial charge in [0.25, 0.3) is 5.91 Å². The minimum atomic E-state index is -3.58. The Kier molecular flexibility index (Phi) is 6.80. The molecule has 0 unspecified atom stereocenters. The molecule has 1 amide bonds. The van der Waals surface area contributed by atoms with E-state index in [2.05, 4.69) is 0 Å². The highest BCUT2D eigenvalue weighted by Crippen LogP contribution is 2.23. The summed E-state index contributed by atoms with van der Waals surface area (Å²) in [5.41, 5.74) is -0.0871. The SMILES string of the molecule is CCN(Cc1ccc(Cl)s1)C(=O)COC(=O)c1ccccc1S(C)(=O)=O. The number of ether oxygens (including phenoxy) is 1. The van der Waals surface area contributed by atoms with E-state index < -0.39 is 22.4 Å². The van der Waals surface area contributed by atoms with Gasteiger partial charge in [0.05, 0.1) is 21.3 Å². The van der Waals surface area contributed by atoms with E-state index in [4.69, 9.17) is 16.3 Å². The number of halogens is 1. The standard InChI is InChI=1S/C17H18ClNO5S2/c1-3-19(10-12-8-9-15(18)25-12)16(20)11-24-17(21)13-6-4-5-7-14(13)26(2,22)23/h4-9H,3,10-11H2,1-2H3. The maximum Gasteiger partial charge on any atom is 0.339 e. The predicted molar refractivity (Wildman–Crippen MR) is 100 cm³/mol. The van der Waals surface area contributed by atoms with Crippen LogP contribution in [0.15, 0.2) is 41.3 Å². The molecule has 9 heteroatoms. The first-order valence-electron chi connectivity index (χ1n) is 7.70. The quantitative estimate of drug-likeness (QED) is 0.649. The molecule has 0 atom stereocenters. The van der Waals surface area contributed by atoms with Gasteiger partial charge in [-0.3, -0.25) is 4.79 Å². The van der Waals surface area contributed by atoms with Gasteiger partial charge in [0, 0.05) is 17.7 Å². The van der Waals surface area contributed by atoms with Crippen LogP contribution in [0.25, 0.3) is 0 Å². The van der Waals surface area contributed by atoms with Gasteiger partial charge in [-0.25, -0.2) is 13.2 Å². The van der Waals surface area contributed by atoms with Crippen molar-refractivity contribution in [2.24, 2.45) is 0 Å². The van der Waals surface area contributed by atoms with Crippen LogP contribution in [-0.2, 0) is 25.9 Å². The van der Waals surface area contributed by atoms with E-state index in [1.54, 1.807) is 6.07 Å². The first-order chi connectivity index (χ1) is 12.2. The molecule has 1 heterocycles. The van der Waals surface area contributed by atoms with Crippen molar-refractivity contribution in [3.05, 3.63) is 51.2 Å². The molecule has 0 aliphatic carbocycles. The van der Waals surface area contributed by atoms with Crippen LogP contribution >= 0.6 is 22.9 Å². The maximum atomic E-state index is 12.3. The molecule has 2 rings (SSSR count). The van der Waals surface area contributed by atoms with Crippen molar-refractivity contribution in [2.75, 3.05) is 19.4 Å². The second-order valence-electron chi connectivity index (χ2n) is 5.46. The molecule has 0 N–H and O–H groups in total. The molecule has 0 saturated heterocycles. The van der Waals surface area contributed by atoms with E-state index in [-0.39, 0.29) is 16.4 Å². The lowest BCUT2D eigenvalue weighted by Crippen LogP contribution is -2.34. The Balaban J connectivity index is 2.03. The van der Waals surface area contributed by atoms with Crippen molar-refractivity contribution in [3.63, 3.8) is 0 Å². The van der Waals surface area contributed by atoms with Crippen molar-refractivity contribution >= 4 is 44.7 Å². The van der Waals surface area contributed by atoms with Crippen LogP contribution in [0.5, 0.6) is 0 Å². The van der Waals surface area contributed by atoms with Gasteiger partial charge in [0.1, 0.15) is 0 Å². The molecule has 0 radical (unpaired) electrons. The molecule has 0 saturated carbocycles. The highest BCUT2D eigenvalue weighted by atomic mass is 35.5. The third-order valence-electron chi connectivity index (χ3n) is 3.54. The largest absolute Gasteiger partial charge is 0.452 e. The minimum Gasteiger partial charge on any atom is -0.452 e. The molecule has 1 aromatic heterocycles. The second-order valence-corrected chi connectivity index (χ2v) is 9.24. The summed E-state index contributed by atoms with van der Waals surface area (Å²) in [6.45, 7) is 2.15. The van der Waals surface area contributed by atoms with Gasteiger partial charge in [-0.15, -0.1) is 11.3 Å². The summed E-state index contributed by atoms with van der Waals surface area (Å²) in [5.74, 6) is -1.23. The Morgan fingerprint density at radius 3 is 2.46 bits per heavy atom. The number of amides is 1. The smallest absolute Gasteiger partial charge is 0.339 e. The van der Waals surface area contributed by atoms with Gasteiger partial charge in [0.2, 0.25) is 0 Å². The Bertz CT molecular complexity index is 907. The number of esters is 1. The van der Waals surface area contributed by atoms with Crippen LogP contribution in [0.4, 0.5) is 0 Å². The molecule has 1 aromatic carbocycles. The van der Waals surface area contributed by atoms with Crippen molar-refractivity contribution < 1.29 is 22.7 Å². The highest BCUT2D eigenvalue weighted by molar-refractivity contribution is 7.90. The van der Waals surface area contributed by atoms with E-state index in [1.807, 2.05) is 13.0 Å². The second kappa shape index (κ2) is 8.66. The van der Waals surface area contributed by atoms with Gasteiger partial charge < -0.3 is 9.64 Å². The fraction of sp³-hybridized carbons (Fsp3) is 0.294. The van der Waals surface area contributed by atoms with Gasteiger partial charge >= 0.3 is 5.97 Å². The average Bonchev–Trinajstić information content (AvgIpc) is 3.01. The third-order valence-corrected chi connectivity index (χ3v) is 5.91. The van der Waals surface area contributed by atoms with Gasteiger partial charge in [0.15, 0.2) is 16.4 Å². The van der Waals surface area contributed by atoms with E-state index in [0.717, 1.165) is 11.1 Å². The molecule has 6 nitrogen and oxygen atoms in total. The number of nitrogens with zero attached hydrogens (tertiary/aromatic N) is 1. The van der Waals surface area contributed by atoms with Crippen LogP contribution in [0.1, 0.15) is 22.2 Å². The summed E-state index contributed by atoms with van der Waals surface area (Å²) >= 11 is 7.26. The molecule has 0 aliphatic heterocycles. The van der Waals surface area contributed by atoms with Crippen molar-refractivity contribution in [2.45, 2.75) is 18.4 Å². The highest BCUT2D eigenvalue weighted by Gasteiger charge is 2.21. The molecular weight excluding hydrogens is 398 g/mol. The van der Waals surface area contributed by atoms with Crippen molar-refractivity contribution in [1.29, 1.82) is 0 Å². The van der Waals surface area contributed by atoms with Crippen LogP contribution in [0.2, 0.25) is 4.34 Å². The number of sulfone groups is 1. The Labute approximate surface area is 161 Å².